The number of thiocarbonyl (C=S) groups is 1. The summed E-state index contributed by atoms with van der Waals surface area (Å²) >= 11 is 4.81. The summed E-state index contributed by atoms with van der Waals surface area (Å²) in [6.07, 6.45) is 0.277. The molecule has 0 aliphatic heterocycles. The average Bonchev–Trinajstić information content (AvgIpc) is 2.24. The molecule has 1 amide bonds. The second-order valence-corrected chi connectivity index (χ2v) is 6.38. The highest BCUT2D eigenvalue weighted by atomic mass is 32.1. The van der Waals surface area contributed by atoms with Gasteiger partial charge in [0.1, 0.15) is 5.60 Å². The summed E-state index contributed by atoms with van der Waals surface area (Å²) in [5.74, 6) is 0. The van der Waals surface area contributed by atoms with Crippen molar-refractivity contribution < 1.29 is 9.53 Å². The van der Waals surface area contributed by atoms with Crippen molar-refractivity contribution in [3.8, 4) is 0 Å². The molecule has 0 aromatic heterocycles. The summed E-state index contributed by atoms with van der Waals surface area (Å²) in [4.78, 5) is 11.7. The number of ether oxygens (including phenoxy) is 1. The molecule has 0 aliphatic rings. The van der Waals surface area contributed by atoms with Gasteiger partial charge in [-0.15, -0.1) is 0 Å². The lowest BCUT2D eigenvalue weighted by Gasteiger charge is -2.22. The van der Waals surface area contributed by atoms with Crippen LogP contribution < -0.4 is 16.4 Å². The predicted octanol–water partition coefficient (Wildman–Crippen LogP) is 2.80. The highest BCUT2D eigenvalue weighted by Crippen LogP contribution is 2.13. The molecule has 6 heteroatoms. The van der Waals surface area contributed by atoms with E-state index >= 15 is 0 Å². The minimum Gasteiger partial charge on any atom is -0.444 e. The topological polar surface area (TPSA) is 76.4 Å². The van der Waals surface area contributed by atoms with Crippen molar-refractivity contribution in [2.45, 2.75) is 45.8 Å². The number of benzene rings is 1. The molecule has 0 bridgehead atoms. The van der Waals surface area contributed by atoms with Crippen LogP contribution in [0.15, 0.2) is 24.3 Å². The fourth-order valence-corrected chi connectivity index (χ4v) is 1.95. The smallest absolute Gasteiger partial charge is 0.407 e. The first kappa shape index (κ1) is 17.2. The van der Waals surface area contributed by atoms with Gasteiger partial charge < -0.3 is 21.1 Å². The first-order valence-corrected chi connectivity index (χ1v) is 7.21. The number of rotatable bonds is 4. The highest BCUT2D eigenvalue weighted by molar-refractivity contribution is 7.80. The molecule has 0 saturated heterocycles. The number of hydrogen-bond acceptors (Lipinski definition) is 3. The number of hydrogen-bond donors (Lipinski definition) is 3. The van der Waals surface area contributed by atoms with E-state index in [1.54, 1.807) is 0 Å². The fourth-order valence-electron chi connectivity index (χ4n) is 1.83. The van der Waals surface area contributed by atoms with Crippen LogP contribution in [0.1, 0.15) is 33.3 Å². The van der Waals surface area contributed by atoms with Gasteiger partial charge in [-0.3, -0.25) is 0 Å². The molecule has 1 aromatic rings. The number of anilines is 1. The van der Waals surface area contributed by atoms with E-state index in [4.69, 9.17) is 22.7 Å². The molecule has 4 N–H and O–H groups in total. The summed E-state index contributed by atoms with van der Waals surface area (Å²) < 4.78 is 5.23. The molecular formula is C15H23N3O2S. The van der Waals surface area contributed by atoms with Gasteiger partial charge in [0.05, 0.1) is 0 Å². The van der Waals surface area contributed by atoms with Crippen LogP contribution in [0, 0.1) is 0 Å². The number of amides is 1. The first-order valence-electron chi connectivity index (χ1n) is 6.80. The van der Waals surface area contributed by atoms with Gasteiger partial charge in [0.25, 0.3) is 0 Å². The molecule has 1 aromatic carbocycles. The summed E-state index contributed by atoms with van der Waals surface area (Å²) in [7, 11) is 0. The summed E-state index contributed by atoms with van der Waals surface area (Å²) in [5, 5.41) is 5.93. The number of alkyl carbamates (subject to hydrolysis) is 1. The van der Waals surface area contributed by atoms with E-state index in [0.29, 0.717) is 6.42 Å². The van der Waals surface area contributed by atoms with E-state index in [1.807, 2.05) is 52.0 Å². The number of nitrogens with one attached hydrogen (secondary N) is 2. The van der Waals surface area contributed by atoms with E-state index in [0.717, 1.165) is 11.3 Å². The Hall–Kier alpha value is -1.82. The zero-order chi connectivity index (χ0) is 16.0. The molecule has 0 heterocycles. The molecule has 1 unspecified atom stereocenters. The Morgan fingerprint density at radius 2 is 2.10 bits per heavy atom. The third kappa shape index (κ3) is 7.51. The van der Waals surface area contributed by atoms with Gasteiger partial charge in [0.15, 0.2) is 5.11 Å². The maximum Gasteiger partial charge on any atom is 0.407 e. The second-order valence-electron chi connectivity index (χ2n) is 5.94. The molecule has 116 valence electrons. The van der Waals surface area contributed by atoms with Gasteiger partial charge >= 0.3 is 6.09 Å². The SMILES string of the molecule is CC(Cc1cccc(NC(N)=S)c1)NC(=O)OC(C)(C)C. The quantitative estimate of drug-likeness (QED) is 0.746. The lowest BCUT2D eigenvalue weighted by atomic mass is 10.1. The molecule has 0 radical (unpaired) electrons. The Morgan fingerprint density at radius 3 is 2.67 bits per heavy atom. The van der Waals surface area contributed by atoms with Gasteiger partial charge in [-0.25, -0.2) is 4.79 Å². The zero-order valence-corrected chi connectivity index (χ0v) is 13.7. The highest BCUT2D eigenvalue weighted by Gasteiger charge is 2.17. The Kier molecular flexibility index (Phi) is 5.96. The van der Waals surface area contributed by atoms with Gasteiger partial charge in [0, 0.05) is 11.7 Å². The van der Waals surface area contributed by atoms with E-state index in [9.17, 15) is 4.79 Å². The maximum atomic E-state index is 11.7. The predicted molar refractivity (Wildman–Crippen MR) is 89.4 cm³/mol. The molecule has 0 fully saturated rings. The van der Waals surface area contributed by atoms with Crippen molar-refractivity contribution in [3.05, 3.63) is 29.8 Å². The van der Waals surface area contributed by atoms with Crippen molar-refractivity contribution in [1.29, 1.82) is 0 Å². The third-order valence-corrected chi connectivity index (χ3v) is 2.60. The Labute approximate surface area is 131 Å². The van der Waals surface area contributed by atoms with Crippen LogP contribution >= 0.6 is 12.2 Å². The van der Waals surface area contributed by atoms with Crippen LogP contribution in [-0.2, 0) is 11.2 Å². The molecular weight excluding hydrogens is 286 g/mol. The van der Waals surface area contributed by atoms with E-state index < -0.39 is 11.7 Å². The van der Waals surface area contributed by atoms with Gasteiger partial charge in [-0.1, -0.05) is 12.1 Å². The van der Waals surface area contributed by atoms with Crippen LogP contribution in [0.25, 0.3) is 0 Å². The minimum atomic E-state index is -0.496. The lowest BCUT2D eigenvalue weighted by Crippen LogP contribution is -2.38. The van der Waals surface area contributed by atoms with E-state index in [2.05, 4.69) is 10.6 Å². The van der Waals surface area contributed by atoms with Crippen LogP contribution in [-0.4, -0.2) is 22.8 Å². The fraction of sp³-hybridized carbons (Fsp3) is 0.467. The van der Waals surface area contributed by atoms with Gasteiger partial charge in [-0.05, 0) is 64.0 Å². The summed E-state index contributed by atoms with van der Waals surface area (Å²) in [5.41, 5.74) is 6.86. The van der Waals surface area contributed by atoms with Crippen molar-refractivity contribution >= 4 is 29.1 Å². The molecule has 0 saturated carbocycles. The van der Waals surface area contributed by atoms with E-state index in [1.165, 1.54) is 0 Å². The average molecular weight is 309 g/mol. The Balaban J connectivity index is 2.56. The Bertz CT molecular complexity index is 512. The second kappa shape index (κ2) is 7.26. The molecule has 5 nitrogen and oxygen atoms in total. The van der Waals surface area contributed by atoms with Crippen molar-refractivity contribution in [1.82, 2.24) is 5.32 Å². The lowest BCUT2D eigenvalue weighted by molar-refractivity contribution is 0.0508. The van der Waals surface area contributed by atoms with Crippen molar-refractivity contribution in [2.75, 3.05) is 5.32 Å². The summed E-state index contributed by atoms with van der Waals surface area (Å²) in [6, 6.07) is 7.69. The van der Waals surface area contributed by atoms with E-state index in [-0.39, 0.29) is 11.2 Å². The Morgan fingerprint density at radius 1 is 1.43 bits per heavy atom. The minimum absolute atomic E-state index is 0.0417. The molecule has 21 heavy (non-hydrogen) atoms. The molecule has 1 atom stereocenters. The number of carbonyl (C=O) groups excluding carboxylic acids is 1. The maximum absolute atomic E-state index is 11.7. The molecule has 0 aliphatic carbocycles. The van der Waals surface area contributed by atoms with Crippen LogP contribution in [0.5, 0.6) is 0 Å². The van der Waals surface area contributed by atoms with Crippen molar-refractivity contribution in [2.24, 2.45) is 5.73 Å². The molecule has 1 rings (SSSR count). The monoisotopic (exact) mass is 309 g/mol. The molecule has 0 spiro atoms. The first-order chi connectivity index (χ1) is 9.65. The largest absolute Gasteiger partial charge is 0.444 e. The van der Waals surface area contributed by atoms with Gasteiger partial charge in [-0.2, -0.15) is 0 Å². The summed E-state index contributed by atoms with van der Waals surface area (Å²) in [6.45, 7) is 7.43. The van der Waals surface area contributed by atoms with Crippen molar-refractivity contribution in [3.63, 3.8) is 0 Å². The van der Waals surface area contributed by atoms with Crippen LogP contribution in [0.2, 0.25) is 0 Å². The third-order valence-electron chi connectivity index (χ3n) is 2.50. The van der Waals surface area contributed by atoms with Crippen LogP contribution in [0.4, 0.5) is 10.5 Å². The normalized spacial score (nSPS) is 12.4. The van der Waals surface area contributed by atoms with Gasteiger partial charge in [0.2, 0.25) is 0 Å². The standard InChI is InChI=1S/C15H23N3O2S/c1-10(17-14(19)20-15(2,3)4)8-11-6-5-7-12(9-11)18-13(16)21/h5-7,9-10H,8H2,1-4H3,(H,17,19)(H3,16,18,21). The number of nitrogens with two attached hydrogens (primary N) is 1. The van der Waals surface area contributed by atoms with Crippen LogP contribution in [0.3, 0.4) is 0 Å². The zero-order valence-electron chi connectivity index (χ0n) is 12.9. The number of carbonyl (C=O) groups is 1.